The molecule has 6 nitrogen and oxygen atoms in total. The first-order valence-electron chi connectivity index (χ1n) is 7.86. The first-order chi connectivity index (χ1) is 10.8. The molecule has 0 bridgehead atoms. The van der Waals surface area contributed by atoms with Crippen LogP contribution in [0, 0.1) is 20.8 Å². The first kappa shape index (κ1) is 20.9. The molecule has 1 heterocycles. The second-order valence-corrected chi connectivity index (χ2v) is 7.91. The predicted octanol–water partition coefficient (Wildman–Crippen LogP) is 1.26. The number of sulfonamides is 1. The van der Waals surface area contributed by atoms with E-state index in [2.05, 4.69) is 5.32 Å². The third kappa shape index (κ3) is 4.08. The molecule has 1 aliphatic heterocycles. The summed E-state index contributed by atoms with van der Waals surface area (Å²) in [5.41, 5.74) is 7.86. The summed E-state index contributed by atoms with van der Waals surface area (Å²) >= 11 is 0. The van der Waals surface area contributed by atoms with E-state index >= 15 is 0 Å². The highest BCUT2D eigenvalue weighted by atomic mass is 35.5. The minimum absolute atomic E-state index is 0. The Morgan fingerprint density at radius 1 is 1.29 bits per heavy atom. The van der Waals surface area contributed by atoms with Crippen LogP contribution < -0.4 is 11.1 Å². The number of hydrogen-bond acceptors (Lipinski definition) is 4. The van der Waals surface area contributed by atoms with Crippen LogP contribution in [0.25, 0.3) is 0 Å². The maximum absolute atomic E-state index is 13.1. The van der Waals surface area contributed by atoms with Crippen LogP contribution in [0.3, 0.4) is 0 Å². The van der Waals surface area contributed by atoms with E-state index in [0.717, 1.165) is 16.7 Å². The topological polar surface area (TPSA) is 92.5 Å². The number of nitrogens with two attached hydrogens (primary N) is 1. The molecule has 0 spiro atoms. The van der Waals surface area contributed by atoms with Crippen molar-refractivity contribution < 1.29 is 13.2 Å². The van der Waals surface area contributed by atoms with Crippen molar-refractivity contribution in [1.29, 1.82) is 0 Å². The summed E-state index contributed by atoms with van der Waals surface area (Å²) in [4.78, 5) is 12.6. The summed E-state index contributed by atoms with van der Waals surface area (Å²) in [6.07, 6.45) is 1.23. The Morgan fingerprint density at radius 2 is 1.88 bits per heavy atom. The normalized spacial score (nSPS) is 18.2. The standard InChI is InChI=1S/C16H25N3O3S.ClH/c1-11-9-12(2)15(13(3)10-11)23(21,22)19-8-4-5-14(19)16(20)18-7-6-17;/h9-10,14H,4-8,17H2,1-3H3,(H,18,20);1H. The SMILES string of the molecule is Cc1cc(C)c(S(=O)(=O)N2CCCC2C(=O)NCCN)c(C)c1.Cl. The average molecular weight is 376 g/mol. The maximum Gasteiger partial charge on any atom is 0.244 e. The molecule has 0 aliphatic carbocycles. The fraction of sp³-hybridized carbons (Fsp3) is 0.562. The third-order valence-electron chi connectivity index (χ3n) is 4.12. The fourth-order valence-corrected chi connectivity index (χ4v) is 5.37. The molecular weight excluding hydrogens is 350 g/mol. The third-order valence-corrected chi connectivity index (χ3v) is 6.34. The van der Waals surface area contributed by atoms with Gasteiger partial charge in [0.2, 0.25) is 15.9 Å². The van der Waals surface area contributed by atoms with Crippen molar-refractivity contribution in [3.05, 3.63) is 28.8 Å². The highest BCUT2D eigenvalue weighted by molar-refractivity contribution is 7.89. The maximum atomic E-state index is 13.1. The molecule has 1 aromatic carbocycles. The molecular formula is C16H26ClN3O3S. The Balaban J connectivity index is 0.00000288. The van der Waals surface area contributed by atoms with Gasteiger partial charge in [-0.1, -0.05) is 17.7 Å². The molecule has 1 saturated heterocycles. The second-order valence-electron chi connectivity index (χ2n) is 6.08. The lowest BCUT2D eigenvalue weighted by molar-refractivity contribution is -0.124. The lowest BCUT2D eigenvalue weighted by Crippen LogP contribution is -2.47. The Hall–Kier alpha value is -1.15. The second kappa shape index (κ2) is 8.29. The molecule has 24 heavy (non-hydrogen) atoms. The van der Waals surface area contributed by atoms with Gasteiger partial charge in [-0.05, 0) is 44.7 Å². The number of rotatable bonds is 5. The van der Waals surface area contributed by atoms with Gasteiger partial charge in [0.15, 0.2) is 0 Å². The van der Waals surface area contributed by atoms with Crippen LogP contribution in [0.15, 0.2) is 17.0 Å². The van der Waals surface area contributed by atoms with Crippen LogP contribution >= 0.6 is 12.4 Å². The van der Waals surface area contributed by atoms with Crippen molar-refractivity contribution in [2.45, 2.75) is 44.6 Å². The number of amides is 1. The molecule has 0 saturated carbocycles. The van der Waals surface area contributed by atoms with Crippen molar-refractivity contribution in [2.24, 2.45) is 5.73 Å². The molecule has 3 N–H and O–H groups in total. The van der Waals surface area contributed by atoms with Gasteiger partial charge >= 0.3 is 0 Å². The van der Waals surface area contributed by atoms with Crippen LogP contribution in [0.1, 0.15) is 29.5 Å². The molecule has 1 amide bonds. The summed E-state index contributed by atoms with van der Waals surface area (Å²) in [7, 11) is -3.69. The van der Waals surface area contributed by atoms with Gasteiger partial charge in [0.05, 0.1) is 4.90 Å². The van der Waals surface area contributed by atoms with Gasteiger partial charge in [-0.2, -0.15) is 4.31 Å². The molecule has 136 valence electrons. The number of benzene rings is 1. The highest BCUT2D eigenvalue weighted by Gasteiger charge is 2.40. The minimum atomic E-state index is -3.69. The summed E-state index contributed by atoms with van der Waals surface area (Å²) in [5.74, 6) is -0.265. The zero-order valence-electron chi connectivity index (χ0n) is 14.3. The lowest BCUT2D eigenvalue weighted by atomic mass is 10.1. The predicted molar refractivity (Wildman–Crippen MR) is 96.9 cm³/mol. The number of hydrogen-bond donors (Lipinski definition) is 2. The summed E-state index contributed by atoms with van der Waals surface area (Å²) < 4.78 is 27.5. The van der Waals surface area contributed by atoms with Crippen LogP contribution in [-0.2, 0) is 14.8 Å². The Bertz CT molecular complexity index is 684. The largest absolute Gasteiger partial charge is 0.353 e. The molecule has 1 atom stereocenters. The minimum Gasteiger partial charge on any atom is -0.353 e. The molecule has 8 heteroatoms. The van der Waals surface area contributed by atoms with E-state index in [0.29, 0.717) is 37.4 Å². The van der Waals surface area contributed by atoms with Gasteiger partial charge in [0.25, 0.3) is 0 Å². The van der Waals surface area contributed by atoms with Crippen molar-refractivity contribution >= 4 is 28.3 Å². The average Bonchev–Trinajstić information content (AvgIpc) is 2.93. The van der Waals surface area contributed by atoms with Crippen molar-refractivity contribution in [1.82, 2.24) is 9.62 Å². The molecule has 1 aromatic rings. The van der Waals surface area contributed by atoms with E-state index in [1.165, 1.54) is 4.31 Å². The molecule has 1 unspecified atom stereocenters. The summed E-state index contributed by atoms with van der Waals surface area (Å²) in [6.45, 7) is 6.59. The Morgan fingerprint density at radius 3 is 2.42 bits per heavy atom. The van der Waals surface area contributed by atoms with E-state index in [9.17, 15) is 13.2 Å². The van der Waals surface area contributed by atoms with Crippen LogP contribution in [-0.4, -0.2) is 44.3 Å². The number of nitrogens with zero attached hydrogens (tertiary/aromatic N) is 1. The van der Waals surface area contributed by atoms with Gasteiger partial charge in [0, 0.05) is 19.6 Å². The molecule has 1 aliphatic rings. The first-order valence-corrected chi connectivity index (χ1v) is 9.30. The zero-order valence-corrected chi connectivity index (χ0v) is 16.0. The molecule has 1 fully saturated rings. The van der Waals surface area contributed by atoms with Gasteiger partial charge in [0.1, 0.15) is 6.04 Å². The lowest BCUT2D eigenvalue weighted by Gasteiger charge is -2.25. The molecule has 0 aromatic heterocycles. The van der Waals surface area contributed by atoms with Crippen molar-refractivity contribution in [2.75, 3.05) is 19.6 Å². The number of carbonyl (C=O) groups is 1. The number of aryl methyl sites for hydroxylation is 3. The summed E-state index contributed by atoms with van der Waals surface area (Å²) in [6, 6.07) is 3.07. The molecule has 2 rings (SSSR count). The van der Waals surface area contributed by atoms with Gasteiger partial charge < -0.3 is 11.1 Å². The van der Waals surface area contributed by atoms with Crippen molar-refractivity contribution in [3.63, 3.8) is 0 Å². The van der Waals surface area contributed by atoms with Gasteiger partial charge in [-0.25, -0.2) is 8.42 Å². The fourth-order valence-electron chi connectivity index (χ4n) is 3.29. The van der Waals surface area contributed by atoms with Crippen molar-refractivity contribution in [3.8, 4) is 0 Å². The van der Waals surface area contributed by atoms with Gasteiger partial charge in [-0.3, -0.25) is 4.79 Å². The van der Waals surface area contributed by atoms with Crippen LogP contribution in [0.5, 0.6) is 0 Å². The number of nitrogens with one attached hydrogen (secondary N) is 1. The van der Waals surface area contributed by atoms with E-state index in [1.54, 1.807) is 13.8 Å². The quantitative estimate of drug-likeness (QED) is 0.810. The van der Waals surface area contributed by atoms with E-state index in [1.807, 2.05) is 19.1 Å². The summed E-state index contributed by atoms with van der Waals surface area (Å²) in [5, 5.41) is 2.70. The highest BCUT2D eigenvalue weighted by Crippen LogP contribution is 2.30. The van der Waals surface area contributed by atoms with Crippen LogP contribution in [0.4, 0.5) is 0 Å². The Kier molecular flexibility index (Phi) is 7.22. The Labute approximate surface area is 150 Å². The van der Waals surface area contributed by atoms with E-state index in [4.69, 9.17) is 5.73 Å². The van der Waals surface area contributed by atoms with E-state index < -0.39 is 16.1 Å². The smallest absolute Gasteiger partial charge is 0.244 e. The van der Waals surface area contributed by atoms with Crippen LogP contribution in [0.2, 0.25) is 0 Å². The van der Waals surface area contributed by atoms with Gasteiger partial charge in [-0.15, -0.1) is 12.4 Å². The zero-order chi connectivity index (χ0) is 17.2. The molecule has 0 radical (unpaired) electrons. The van der Waals surface area contributed by atoms with E-state index in [-0.39, 0.29) is 18.3 Å². The monoisotopic (exact) mass is 375 g/mol. The number of carbonyl (C=O) groups excluding carboxylic acids is 1. The number of halogens is 1.